The molecule has 0 heterocycles. The van der Waals surface area contributed by atoms with E-state index in [1.54, 1.807) is 30.3 Å². The van der Waals surface area contributed by atoms with E-state index in [9.17, 15) is 8.78 Å². The first-order chi connectivity index (χ1) is 10.1. The summed E-state index contributed by atoms with van der Waals surface area (Å²) in [5.41, 5.74) is 0.566. The van der Waals surface area contributed by atoms with Gasteiger partial charge in [0.15, 0.2) is 0 Å². The Morgan fingerprint density at radius 3 is 2.62 bits per heavy atom. The molecule has 0 aliphatic heterocycles. The van der Waals surface area contributed by atoms with Gasteiger partial charge in [0.1, 0.15) is 11.6 Å². The molecule has 0 fully saturated rings. The monoisotopic (exact) mass is 327 g/mol. The zero-order chi connectivity index (χ0) is 15.2. The molecule has 0 amide bonds. The van der Waals surface area contributed by atoms with E-state index in [0.717, 1.165) is 0 Å². The fraction of sp³-hybridized carbons (Fsp3) is 0.250. The first-order valence-corrected chi connectivity index (χ1v) is 7.95. The van der Waals surface area contributed by atoms with Gasteiger partial charge in [-0.3, -0.25) is 0 Å². The number of likely N-dealkylation sites (N-methyl/N-ethyl adjacent to an activating group) is 1. The fourth-order valence-corrected chi connectivity index (χ4v) is 3.21. The van der Waals surface area contributed by atoms with Gasteiger partial charge in [-0.2, -0.15) is 0 Å². The van der Waals surface area contributed by atoms with Crippen LogP contribution >= 0.6 is 23.4 Å². The lowest BCUT2D eigenvalue weighted by atomic mass is 10.1. The lowest BCUT2D eigenvalue weighted by Crippen LogP contribution is -2.30. The van der Waals surface area contributed by atoms with Crippen molar-refractivity contribution in [3.63, 3.8) is 0 Å². The van der Waals surface area contributed by atoms with Gasteiger partial charge in [-0.15, -0.1) is 11.8 Å². The minimum atomic E-state index is -0.379. The van der Waals surface area contributed by atoms with E-state index in [1.165, 1.54) is 23.9 Å². The van der Waals surface area contributed by atoms with Crippen molar-refractivity contribution >= 4 is 23.4 Å². The van der Waals surface area contributed by atoms with E-state index in [4.69, 9.17) is 11.6 Å². The Bertz CT molecular complexity index is 607. The van der Waals surface area contributed by atoms with Crippen LogP contribution in [-0.4, -0.2) is 18.8 Å². The molecule has 0 spiro atoms. The van der Waals surface area contributed by atoms with Gasteiger partial charge in [0, 0.05) is 16.7 Å². The number of nitrogens with one attached hydrogen (secondary N) is 1. The predicted octanol–water partition coefficient (Wildman–Crippen LogP) is 4.54. The Balaban J connectivity index is 2.01. The Morgan fingerprint density at radius 1 is 1.14 bits per heavy atom. The highest BCUT2D eigenvalue weighted by Crippen LogP contribution is 2.24. The van der Waals surface area contributed by atoms with Crippen molar-refractivity contribution in [1.29, 1.82) is 0 Å². The van der Waals surface area contributed by atoms with Crippen molar-refractivity contribution in [2.45, 2.75) is 17.4 Å². The van der Waals surface area contributed by atoms with Crippen molar-refractivity contribution in [3.8, 4) is 0 Å². The summed E-state index contributed by atoms with van der Waals surface area (Å²) in [7, 11) is 1.81. The molecular formula is C16H16ClF2NS. The molecule has 1 N–H and O–H groups in total. The van der Waals surface area contributed by atoms with E-state index in [0.29, 0.717) is 22.6 Å². The average Bonchev–Trinajstić information content (AvgIpc) is 2.49. The summed E-state index contributed by atoms with van der Waals surface area (Å²) >= 11 is 7.20. The zero-order valence-corrected chi connectivity index (χ0v) is 13.1. The molecule has 5 heteroatoms. The smallest absolute Gasteiger partial charge is 0.145 e. The van der Waals surface area contributed by atoms with Gasteiger partial charge in [0.05, 0.1) is 5.02 Å². The molecular weight excluding hydrogens is 312 g/mol. The van der Waals surface area contributed by atoms with Gasteiger partial charge < -0.3 is 5.32 Å². The standard InChI is InChI=1S/C16H16ClF2NS/c1-20-12(9-11-5-4-6-13(17)16(11)19)10-21-15-8-3-2-7-14(15)18/h2-8,12,20H,9-10H2,1H3. The average molecular weight is 328 g/mol. The van der Waals surface area contributed by atoms with Gasteiger partial charge >= 0.3 is 0 Å². The molecule has 112 valence electrons. The second kappa shape index (κ2) is 7.78. The fourth-order valence-electron chi connectivity index (χ4n) is 1.97. The van der Waals surface area contributed by atoms with Gasteiger partial charge in [-0.05, 0) is 37.2 Å². The lowest BCUT2D eigenvalue weighted by Gasteiger charge is -2.16. The Morgan fingerprint density at radius 2 is 1.90 bits per heavy atom. The van der Waals surface area contributed by atoms with Gasteiger partial charge in [-0.25, -0.2) is 8.78 Å². The quantitative estimate of drug-likeness (QED) is 0.782. The van der Waals surface area contributed by atoms with Gasteiger partial charge in [0.2, 0.25) is 0 Å². The number of halogens is 3. The van der Waals surface area contributed by atoms with Crippen LogP contribution in [0.1, 0.15) is 5.56 Å². The molecule has 0 aliphatic carbocycles. The summed E-state index contributed by atoms with van der Waals surface area (Å²) in [6.07, 6.45) is 0.504. The summed E-state index contributed by atoms with van der Waals surface area (Å²) in [4.78, 5) is 0.601. The summed E-state index contributed by atoms with van der Waals surface area (Å²) in [6, 6.07) is 11.7. The van der Waals surface area contributed by atoms with E-state index in [1.807, 2.05) is 7.05 Å². The van der Waals surface area contributed by atoms with Crippen LogP contribution in [0.3, 0.4) is 0 Å². The summed E-state index contributed by atoms with van der Waals surface area (Å²) in [6.45, 7) is 0. The molecule has 21 heavy (non-hydrogen) atoms. The summed E-state index contributed by atoms with van der Waals surface area (Å²) in [5, 5.41) is 3.26. The molecule has 0 saturated carbocycles. The van der Waals surface area contributed by atoms with E-state index >= 15 is 0 Å². The first kappa shape index (κ1) is 16.3. The van der Waals surface area contributed by atoms with Crippen LogP contribution in [-0.2, 0) is 6.42 Å². The highest BCUT2D eigenvalue weighted by molar-refractivity contribution is 7.99. The highest BCUT2D eigenvalue weighted by atomic mass is 35.5. The maximum Gasteiger partial charge on any atom is 0.145 e. The molecule has 2 aromatic carbocycles. The third kappa shape index (κ3) is 4.43. The molecule has 0 radical (unpaired) electrons. The number of hydrogen-bond donors (Lipinski definition) is 1. The third-order valence-corrected chi connectivity index (χ3v) is 4.69. The maximum atomic E-state index is 13.9. The Hall–Kier alpha value is -1.10. The molecule has 0 aromatic heterocycles. The molecule has 2 aromatic rings. The minimum absolute atomic E-state index is 0.0302. The molecule has 0 bridgehead atoms. The largest absolute Gasteiger partial charge is 0.316 e. The van der Waals surface area contributed by atoms with Crippen molar-refractivity contribution in [2.24, 2.45) is 0 Å². The molecule has 1 atom stereocenters. The molecule has 1 unspecified atom stereocenters. The molecule has 2 rings (SSSR count). The number of benzene rings is 2. The van der Waals surface area contributed by atoms with Crippen LogP contribution in [0.5, 0.6) is 0 Å². The van der Waals surface area contributed by atoms with Crippen LogP contribution in [0, 0.1) is 11.6 Å². The molecule has 1 nitrogen and oxygen atoms in total. The van der Waals surface area contributed by atoms with Crippen LogP contribution in [0.4, 0.5) is 8.78 Å². The number of thioether (sulfide) groups is 1. The predicted molar refractivity (Wildman–Crippen MR) is 85.1 cm³/mol. The second-order valence-corrected chi connectivity index (χ2v) is 6.11. The molecule has 0 aliphatic rings. The minimum Gasteiger partial charge on any atom is -0.316 e. The Kier molecular flexibility index (Phi) is 6.03. The zero-order valence-electron chi connectivity index (χ0n) is 11.6. The van der Waals surface area contributed by atoms with Gasteiger partial charge in [-0.1, -0.05) is 35.9 Å². The van der Waals surface area contributed by atoms with Crippen molar-refractivity contribution in [3.05, 3.63) is 64.7 Å². The van der Waals surface area contributed by atoms with Gasteiger partial charge in [0.25, 0.3) is 0 Å². The summed E-state index contributed by atoms with van der Waals surface area (Å²) < 4.78 is 27.5. The van der Waals surface area contributed by atoms with E-state index in [2.05, 4.69) is 5.32 Å². The topological polar surface area (TPSA) is 12.0 Å². The van der Waals surface area contributed by atoms with Crippen LogP contribution in [0.2, 0.25) is 5.02 Å². The van der Waals surface area contributed by atoms with Crippen molar-refractivity contribution in [2.75, 3.05) is 12.8 Å². The second-order valence-electron chi connectivity index (χ2n) is 4.64. The van der Waals surface area contributed by atoms with Crippen LogP contribution in [0.25, 0.3) is 0 Å². The van der Waals surface area contributed by atoms with Crippen molar-refractivity contribution < 1.29 is 8.78 Å². The number of hydrogen-bond acceptors (Lipinski definition) is 2. The SMILES string of the molecule is CNC(CSc1ccccc1F)Cc1cccc(Cl)c1F. The number of rotatable bonds is 6. The third-order valence-electron chi connectivity index (χ3n) is 3.18. The normalized spacial score (nSPS) is 12.4. The van der Waals surface area contributed by atoms with Crippen LogP contribution in [0.15, 0.2) is 47.4 Å². The maximum absolute atomic E-state index is 13.9. The highest BCUT2D eigenvalue weighted by Gasteiger charge is 2.13. The van der Waals surface area contributed by atoms with E-state index < -0.39 is 0 Å². The van der Waals surface area contributed by atoms with Crippen molar-refractivity contribution in [1.82, 2.24) is 5.32 Å². The lowest BCUT2D eigenvalue weighted by molar-refractivity contribution is 0.567. The summed E-state index contributed by atoms with van der Waals surface area (Å²) in [5.74, 6) is 0.0326. The molecule has 0 saturated heterocycles. The first-order valence-electron chi connectivity index (χ1n) is 6.59. The van der Waals surface area contributed by atoms with E-state index in [-0.39, 0.29) is 22.7 Å². The van der Waals surface area contributed by atoms with Crippen LogP contribution < -0.4 is 5.32 Å². The Labute approximate surface area is 132 Å².